The molecular weight excluding hydrogens is 406 g/mol. The molecule has 2 aliphatic carbocycles. The number of non-ortho nitro benzene ring substituents is 1. The lowest BCUT2D eigenvalue weighted by molar-refractivity contribution is -0.384. The number of carbonyl (C=O) groups excluding carboxylic acids is 1. The summed E-state index contributed by atoms with van der Waals surface area (Å²) in [4.78, 5) is 23.4. The number of nitrogens with zero attached hydrogens (tertiary/aromatic N) is 2. The van der Waals surface area contributed by atoms with Crippen LogP contribution >= 0.6 is 0 Å². The summed E-state index contributed by atoms with van der Waals surface area (Å²) in [5, 5.41) is 14.2. The predicted molar refractivity (Wildman–Crippen MR) is 111 cm³/mol. The lowest BCUT2D eigenvalue weighted by Crippen LogP contribution is -2.46. The number of hydrogen-bond acceptors (Lipinski definition) is 5. The molecule has 2 aliphatic rings. The summed E-state index contributed by atoms with van der Waals surface area (Å²) in [6.07, 6.45) is 4.33. The Bertz CT molecular complexity index is 1060. The molecule has 1 amide bonds. The van der Waals surface area contributed by atoms with Crippen molar-refractivity contribution in [2.45, 2.75) is 36.6 Å². The Labute approximate surface area is 175 Å². The minimum absolute atomic E-state index is 0.0178. The summed E-state index contributed by atoms with van der Waals surface area (Å²) in [6.45, 7) is -0.438. The van der Waals surface area contributed by atoms with Crippen LogP contribution in [-0.4, -0.2) is 31.8 Å². The van der Waals surface area contributed by atoms with Crippen LogP contribution in [0.1, 0.15) is 25.7 Å². The molecular formula is C21H23N3O5S. The first-order valence-corrected chi connectivity index (χ1v) is 11.4. The van der Waals surface area contributed by atoms with Crippen molar-refractivity contribution in [3.63, 3.8) is 0 Å². The molecule has 0 saturated heterocycles. The minimum atomic E-state index is -4.09. The third-order valence-electron chi connectivity index (χ3n) is 6.03. The van der Waals surface area contributed by atoms with Crippen LogP contribution in [0, 0.1) is 22.0 Å². The van der Waals surface area contributed by atoms with E-state index in [1.54, 1.807) is 18.2 Å². The van der Waals surface area contributed by atoms with E-state index in [4.69, 9.17) is 0 Å². The number of nitrogens with one attached hydrogen (secondary N) is 1. The third kappa shape index (κ3) is 4.02. The molecule has 0 aliphatic heterocycles. The Hall–Kier alpha value is -2.94. The highest BCUT2D eigenvalue weighted by Gasteiger charge is 2.40. The number of nitro benzene ring substituents is 1. The van der Waals surface area contributed by atoms with Crippen LogP contribution in [0.2, 0.25) is 0 Å². The second-order valence-corrected chi connectivity index (χ2v) is 9.81. The smallest absolute Gasteiger partial charge is 0.271 e. The monoisotopic (exact) mass is 429 g/mol. The van der Waals surface area contributed by atoms with Crippen LogP contribution in [0.5, 0.6) is 0 Å². The Morgan fingerprint density at radius 3 is 2.50 bits per heavy atom. The summed E-state index contributed by atoms with van der Waals surface area (Å²) in [5.74, 6) is 0.690. The number of anilines is 1. The largest absolute Gasteiger partial charge is 0.352 e. The first-order chi connectivity index (χ1) is 14.3. The van der Waals surface area contributed by atoms with Crippen molar-refractivity contribution < 1.29 is 18.1 Å². The zero-order valence-electron chi connectivity index (χ0n) is 16.3. The van der Waals surface area contributed by atoms with Gasteiger partial charge in [0.05, 0.1) is 15.5 Å². The maximum Gasteiger partial charge on any atom is 0.271 e. The molecule has 8 nitrogen and oxygen atoms in total. The maximum absolute atomic E-state index is 13.3. The van der Waals surface area contributed by atoms with Gasteiger partial charge in [-0.15, -0.1) is 0 Å². The molecule has 3 unspecified atom stereocenters. The molecule has 4 rings (SSSR count). The highest BCUT2D eigenvalue weighted by atomic mass is 32.2. The fourth-order valence-corrected chi connectivity index (χ4v) is 6.03. The summed E-state index contributed by atoms with van der Waals surface area (Å²) in [7, 11) is -4.09. The number of sulfonamides is 1. The average molecular weight is 429 g/mol. The van der Waals surface area contributed by atoms with Gasteiger partial charge in [-0.05, 0) is 49.3 Å². The highest BCUT2D eigenvalue weighted by molar-refractivity contribution is 7.92. The number of rotatable bonds is 7. The van der Waals surface area contributed by atoms with Crippen molar-refractivity contribution in [3.8, 4) is 0 Å². The molecule has 2 bridgehead atoms. The van der Waals surface area contributed by atoms with Gasteiger partial charge in [0.25, 0.3) is 15.7 Å². The fraction of sp³-hybridized carbons (Fsp3) is 0.381. The van der Waals surface area contributed by atoms with Gasteiger partial charge in [0.1, 0.15) is 6.54 Å². The van der Waals surface area contributed by atoms with E-state index >= 15 is 0 Å². The predicted octanol–water partition coefficient (Wildman–Crippen LogP) is 3.09. The molecule has 158 valence electrons. The van der Waals surface area contributed by atoms with Crippen molar-refractivity contribution in [1.29, 1.82) is 0 Å². The second-order valence-electron chi connectivity index (χ2n) is 7.95. The summed E-state index contributed by atoms with van der Waals surface area (Å²) in [5.41, 5.74) is -0.162. The van der Waals surface area contributed by atoms with Crippen molar-refractivity contribution in [3.05, 3.63) is 64.7 Å². The van der Waals surface area contributed by atoms with E-state index in [9.17, 15) is 23.3 Å². The molecule has 0 radical (unpaired) electrons. The lowest BCUT2D eigenvalue weighted by atomic mass is 9.95. The van der Waals surface area contributed by atoms with E-state index in [0.717, 1.165) is 23.6 Å². The van der Waals surface area contributed by atoms with Crippen LogP contribution in [0.15, 0.2) is 59.5 Å². The highest BCUT2D eigenvalue weighted by Crippen LogP contribution is 2.44. The van der Waals surface area contributed by atoms with Crippen molar-refractivity contribution >= 4 is 27.3 Å². The van der Waals surface area contributed by atoms with Gasteiger partial charge in [0.15, 0.2) is 0 Å². The number of amides is 1. The number of benzene rings is 2. The summed E-state index contributed by atoms with van der Waals surface area (Å²) < 4.78 is 27.5. The number of fused-ring (bicyclic) bond motifs is 2. The standard InChI is InChI=1S/C21H23N3O5S/c25-21(22-20-12-15-9-10-16(20)11-15)14-23(17-5-4-6-18(13-17)24(26)27)30(28,29)19-7-2-1-3-8-19/h1-8,13,15-16,20H,9-12,14H2,(H,22,25). The first-order valence-electron chi connectivity index (χ1n) is 9.96. The summed E-state index contributed by atoms with van der Waals surface area (Å²) >= 11 is 0. The van der Waals surface area contributed by atoms with Gasteiger partial charge in [-0.3, -0.25) is 19.2 Å². The zero-order chi connectivity index (χ0) is 21.3. The van der Waals surface area contributed by atoms with Crippen molar-refractivity contribution in [1.82, 2.24) is 5.32 Å². The molecule has 0 heterocycles. The Morgan fingerprint density at radius 1 is 1.10 bits per heavy atom. The molecule has 1 N–H and O–H groups in total. The quantitative estimate of drug-likeness (QED) is 0.537. The molecule has 9 heteroatoms. The van der Waals surface area contributed by atoms with Crippen LogP contribution < -0.4 is 9.62 Å². The fourth-order valence-electron chi connectivity index (χ4n) is 4.60. The van der Waals surface area contributed by atoms with Gasteiger partial charge in [-0.2, -0.15) is 0 Å². The Balaban J connectivity index is 1.62. The average Bonchev–Trinajstić information content (AvgIpc) is 3.36. The lowest BCUT2D eigenvalue weighted by Gasteiger charge is -2.27. The topological polar surface area (TPSA) is 110 Å². The van der Waals surface area contributed by atoms with Gasteiger partial charge in [0, 0.05) is 18.2 Å². The Kier molecular flexibility index (Phi) is 5.46. The molecule has 2 saturated carbocycles. The molecule has 2 aromatic carbocycles. The van der Waals surface area contributed by atoms with Gasteiger partial charge < -0.3 is 5.32 Å². The molecule has 0 spiro atoms. The molecule has 2 fully saturated rings. The first kappa shape index (κ1) is 20.3. The minimum Gasteiger partial charge on any atom is -0.352 e. The van der Waals surface area contributed by atoms with E-state index in [1.165, 1.54) is 42.8 Å². The number of hydrogen-bond donors (Lipinski definition) is 1. The van der Waals surface area contributed by atoms with E-state index in [1.807, 2.05) is 0 Å². The third-order valence-corrected chi connectivity index (χ3v) is 7.82. The van der Waals surface area contributed by atoms with Crippen LogP contribution in [0.4, 0.5) is 11.4 Å². The van der Waals surface area contributed by atoms with E-state index in [0.29, 0.717) is 11.8 Å². The van der Waals surface area contributed by atoms with Crippen LogP contribution in [0.25, 0.3) is 0 Å². The number of nitro groups is 1. The second kappa shape index (κ2) is 8.06. The summed E-state index contributed by atoms with van der Waals surface area (Å²) in [6, 6.07) is 13.1. The van der Waals surface area contributed by atoms with Gasteiger partial charge in [-0.25, -0.2) is 8.42 Å². The van der Waals surface area contributed by atoms with Crippen molar-refractivity contribution in [2.24, 2.45) is 11.8 Å². The van der Waals surface area contributed by atoms with Crippen LogP contribution in [0.3, 0.4) is 0 Å². The van der Waals surface area contributed by atoms with Gasteiger partial charge >= 0.3 is 0 Å². The van der Waals surface area contributed by atoms with Gasteiger partial charge in [-0.1, -0.05) is 30.7 Å². The molecule has 30 heavy (non-hydrogen) atoms. The van der Waals surface area contributed by atoms with E-state index in [-0.39, 0.29) is 22.3 Å². The van der Waals surface area contributed by atoms with E-state index in [2.05, 4.69) is 5.32 Å². The maximum atomic E-state index is 13.3. The molecule has 2 aromatic rings. The Morgan fingerprint density at radius 2 is 1.87 bits per heavy atom. The normalized spacial score (nSPS) is 22.6. The van der Waals surface area contributed by atoms with Crippen molar-refractivity contribution in [2.75, 3.05) is 10.8 Å². The SMILES string of the molecule is O=C(CN(c1cccc([N+](=O)[O-])c1)S(=O)(=O)c1ccccc1)NC1CC2CCC1C2. The van der Waals surface area contributed by atoms with Crippen LogP contribution in [-0.2, 0) is 14.8 Å². The van der Waals surface area contributed by atoms with Gasteiger partial charge in [0.2, 0.25) is 5.91 Å². The number of carbonyl (C=O) groups is 1. The zero-order valence-corrected chi connectivity index (χ0v) is 17.1. The molecule has 3 atom stereocenters. The molecule has 0 aromatic heterocycles. The van der Waals surface area contributed by atoms with E-state index < -0.39 is 27.4 Å².